The zero-order valence-electron chi connectivity index (χ0n) is 6.60. The third-order valence-electron chi connectivity index (χ3n) is 1.57. The molecule has 1 fully saturated rings. The minimum Gasteiger partial charge on any atom is -0.476 e. The second-order valence-electron chi connectivity index (χ2n) is 2.46. The molecule has 2 heterocycles. The summed E-state index contributed by atoms with van der Waals surface area (Å²) in [5.74, 6) is -1.02. The summed E-state index contributed by atoms with van der Waals surface area (Å²) in [5, 5.41) is 10.3. The molecule has 0 saturated carbocycles. The Kier molecular flexibility index (Phi) is 2.26. The van der Waals surface area contributed by atoms with Crippen LogP contribution in [-0.2, 0) is 9.47 Å². The Morgan fingerprint density at radius 1 is 1.62 bits per heavy atom. The maximum atomic E-state index is 10.5. The zero-order valence-corrected chi connectivity index (χ0v) is 7.41. The predicted molar refractivity (Wildman–Crippen MR) is 43.7 cm³/mol. The normalized spacial score (nSPS) is 17.8. The van der Waals surface area contributed by atoms with Crippen LogP contribution in [0.25, 0.3) is 0 Å². The third-order valence-corrected chi connectivity index (χ3v) is 2.42. The lowest BCUT2D eigenvalue weighted by Gasteiger charge is -2.03. The van der Waals surface area contributed by atoms with E-state index in [1.807, 2.05) is 0 Å². The molecule has 0 radical (unpaired) electrons. The van der Waals surface area contributed by atoms with E-state index in [4.69, 9.17) is 14.6 Å². The molecule has 2 rings (SSSR count). The topological polar surface area (TPSA) is 68.7 Å². The highest BCUT2D eigenvalue weighted by molar-refractivity contribution is 7.11. The van der Waals surface area contributed by atoms with Gasteiger partial charge in [-0.2, -0.15) is 0 Å². The van der Waals surface area contributed by atoms with Crippen LogP contribution in [0.1, 0.15) is 21.8 Å². The van der Waals surface area contributed by atoms with Gasteiger partial charge in [-0.3, -0.25) is 0 Å². The molecule has 1 N–H and O–H groups in total. The maximum Gasteiger partial charge on any atom is 0.365 e. The summed E-state index contributed by atoms with van der Waals surface area (Å²) in [4.78, 5) is 14.4. The van der Waals surface area contributed by atoms with Gasteiger partial charge in [-0.15, -0.1) is 11.3 Å². The number of aromatic nitrogens is 1. The van der Waals surface area contributed by atoms with Gasteiger partial charge in [0.1, 0.15) is 5.69 Å². The van der Waals surface area contributed by atoms with Crippen LogP contribution in [0.2, 0.25) is 0 Å². The van der Waals surface area contributed by atoms with E-state index < -0.39 is 12.3 Å². The van der Waals surface area contributed by atoms with Gasteiger partial charge in [-0.1, -0.05) is 0 Å². The van der Waals surface area contributed by atoms with Gasteiger partial charge in [0.15, 0.2) is 0 Å². The van der Waals surface area contributed by atoms with Gasteiger partial charge >= 0.3 is 5.97 Å². The fraction of sp³-hybridized carbons (Fsp3) is 0.429. The minimum absolute atomic E-state index is 0.0640. The van der Waals surface area contributed by atoms with E-state index in [-0.39, 0.29) is 5.01 Å². The Labute approximate surface area is 77.9 Å². The quantitative estimate of drug-likeness (QED) is 0.769. The molecule has 0 amide bonds. The summed E-state index contributed by atoms with van der Waals surface area (Å²) >= 11 is 1.07. The molecule has 0 bridgehead atoms. The standard InChI is InChI=1S/C7H7NO4S/c9-6(10)5-8-4(3-13-5)7-11-1-2-12-7/h3,7H,1-2H2,(H,9,10). The van der Waals surface area contributed by atoms with E-state index in [0.717, 1.165) is 11.3 Å². The van der Waals surface area contributed by atoms with Crippen molar-refractivity contribution in [3.8, 4) is 0 Å². The average Bonchev–Trinajstić information content (AvgIpc) is 2.75. The first-order valence-corrected chi connectivity index (χ1v) is 4.57. The Hall–Kier alpha value is -0.980. The summed E-state index contributed by atoms with van der Waals surface area (Å²) < 4.78 is 10.3. The van der Waals surface area contributed by atoms with Crippen LogP contribution in [-0.4, -0.2) is 29.3 Å². The van der Waals surface area contributed by atoms with Gasteiger partial charge in [-0.05, 0) is 0 Å². The first-order valence-electron chi connectivity index (χ1n) is 3.69. The van der Waals surface area contributed by atoms with Gasteiger partial charge in [0, 0.05) is 5.38 Å². The molecule has 1 aliphatic rings. The Morgan fingerprint density at radius 3 is 2.85 bits per heavy atom. The number of carboxylic acids is 1. The van der Waals surface area contributed by atoms with Crippen LogP contribution in [0.15, 0.2) is 5.38 Å². The highest BCUT2D eigenvalue weighted by Gasteiger charge is 2.22. The van der Waals surface area contributed by atoms with E-state index in [2.05, 4.69) is 4.98 Å². The van der Waals surface area contributed by atoms with Crippen LogP contribution in [0.4, 0.5) is 0 Å². The molecule has 6 heteroatoms. The fourth-order valence-corrected chi connectivity index (χ4v) is 1.68. The summed E-state index contributed by atoms with van der Waals surface area (Å²) in [7, 11) is 0. The molecule has 0 aromatic carbocycles. The lowest BCUT2D eigenvalue weighted by atomic mass is 10.5. The predicted octanol–water partition coefficient (Wildman–Crippen LogP) is 0.887. The monoisotopic (exact) mass is 201 g/mol. The van der Waals surface area contributed by atoms with Crippen molar-refractivity contribution < 1.29 is 19.4 Å². The van der Waals surface area contributed by atoms with Crippen molar-refractivity contribution in [2.75, 3.05) is 13.2 Å². The number of thiazole rings is 1. The molecular formula is C7H7NO4S. The molecular weight excluding hydrogens is 194 g/mol. The van der Waals surface area contributed by atoms with Crippen LogP contribution >= 0.6 is 11.3 Å². The number of rotatable bonds is 2. The number of carbonyl (C=O) groups is 1. The lowest BCUT2D eigenvalue weighted by molar-refractivity contribution is -0.0469. The molecule has 1 aliphatic heterocycles. The first kappa shape index (κ1) is 8.61. The number of hydrogen-bond acceptors (Lipinski definition) is 5. The molecule has 1 aromatic heterocycles. The van der Waals surface area contributed by atoms with Crippen molar-refractivity contribution in [3.63, 3.8) is 0 Å². The van der Waals surface area contributed by atoms with Crippen molar-refractivity contribution in [2.24, 2.45) is 0 Å². The fourth-order valence-electron chi connectivity index (χ4n) is 1.02. The second kappa shape index (κ2) is 3.41. The molecule has 0 atom stereocenters. The van der Waals surface area contributed by atoms with E-state index in [1.165, 1.54) is 0 Å². The largest absolute Gasteiger partial charge is 0.476 e. The summed E-state index contributed by atoms with van der Waals surface area (Å²) in [6, 6.07) is 0. The summed E-state index contributed by atoms with van der Waals surface area (Å²) in [6.07, 6.45) is -0.482. The Balaban J connectivity index is 2.16. The van der Waals surface area contributed by atoms with Crippen LogP contribution < -0.4 is 0 Å². The highest BCUT2D eigenvalue weighted by atomic mass is 32.1. The summed E-state index contributed by atoms with van der Waals surface area (Å²) in [5.41, 5.74) is 0.542. The van der Waals surface area contributed by atoms with Gasteiger partial charge in [-0.25, -0.2) is 9.78 Å². The lowest BCUT2D eigenvalue weighted by Crippen LogP contribution is -2.00. The second-order valence-corrected chi connectivity index (χ2v) is 3.31. The van der Waals surface area contributed by atoms with Crippen molar-refractivity contribution >= 4 is 17.3 Å². The zero-order chi connectivity index (χ0) is 9.26. The number of aromatic carboxylic acids is 1. The molecule has 0 unspecified atom stereocenters. The SMILES string of the molecule is O=C(O)c1nc(C2OCCO2)cs1. The van der Waals surface area contributed by atoms with Crippen LogP contribution in [0.5, 0.6) is 0 Å². The maximum absolute atomic E-state index is 10.5. The average molecular weight is 201 g/mol. The molecule has 0 spiro atoms. The number of nitrogens with zero attached hydrogens (tertiary/aromatic N) is 1. The number of hydrogen-bond donors (Lipinski definition) is 1. The number of carboxylic acid groups (broad SMARTS) is 1. The van der Waals surface area contributed by atoms with E-state index in [1.54, 1.807) is 5.38 Å². The Bertz CT molecular complexity index is 318. The first-order chi connectivity index (χ1) is 6.27. The van der Waals surface area contributed by atoms with Crippen LogP contribution in [0, 0.1) is 0 Å². The van der Waals surface area contributed by atoms with Crippen molar-refractivity contribution in [1.29, 1.82) is 0 Å². The van der Waals surface area contributed by atoms with Crippen LogP contribution in [0.3, 0.4) is 0 Å². The molecule has 70 valence electrons. The van der Waals surface area contributed by atoms with Gasteiger partial charge in [0.05, 0.1) is 13.2 Å². The van der Waals surface area contributed by atoms with Gasteiger partial charge in [0.2, 0.25) is 11.3 Å². The van der Waals surface area contributed by atoms with E-state index in [0.29, 0.717) is 18.9 Å². The van der Waals surface area contributed by atoms with E-state index in [9.17, 15) is 4.79 Å². The van der Waals surface area contributed by atoms with Gasteiger partial charge < -0.3 is 14.6 Å². The number of ether oxygens (including phenoxy) is 2. The molecule has 0 aliphatic carbocycles. The molecule has 13 heavy (non-hydrogen) atoms. The third kappa shape index (κ3) is 1.69. The van der Waals surface area contributed by atoms with Gasteiger partial charge in [0.25, 0.3) is 0 Å². The van der Waals surface area contributed by atoms with Crippen molar-refractivity contribution in [3.05, 3.63) is 16.1 Å². The van der Waals surface area contributed by atoms with Crippen molar-refractivity contribution in [1.82, 2.24) is 4.98 Å². The smallest absolute Gasteiger partial charge is 0.365 e. The Morgan fingerprint density at radius 2 is 2.31 bits per heavy atom. The highest BCUT2D eigenvalue weighted by Crippen LogP contribution is 2.24. The summed E-state index contributed by atoms with van der Waals surface area (Å²) in [6.45, 7) is 1.06. The molecule has 1 aromatic rings. The molecule has 5 nitrogen and oxygen atoms in total. The molecule has 1 saturated heterocycles. The van der Waals surface area contributed by atoms with Crippen molar-refractivity contribution in [2.45, 2.75) is 6.29 Å². The minimum atomic E-state index is -1.02. The van der Waals surface area contributed by atoms with E-state index >= 15 is 0 Å².